The van der Waals surface area contributed by atoms with Crippen LogP contribution in [0.3, 0.4) is 0 Å². The van der Waals surface area contributed by atoms with Crippen molar-refractivity contribution in [2.75, 3.05) is 11.6 Å². The summed E-state index contributed by atoms with van der Waals surface area (Å²) in [6.07, 6.45) is 4.57. The van der Waals surface area contributed by atoms with Crippen molar-refractivity contribution in [3.05, 3.63) is 24.3 Å². The SMILES string of the molecule is CCC[C@@H](C)Nc1ccccc1SC. The molecule has 0 spiro atoms. The van der Waals surface area contributed by atoms with Gasteiger partial charge in [-0.25, -0.2) is 0 Å². The molecule has 1 rings (SSSR count). The first-order chi connectivity index (χ1) is 6.77. The molecule has 0 saturated heterocycles. The Bertz CT molecular complexity index is 273. The van der Waals surface area contributed by atoms with E-state index >= 15 is 0 Å². The third-order valence-electron chi connectivity index (χ3n) is 2.23. The Morgan fingerprint density at radius 1 is 1.36 bits per heavy atom. The number of rotatable bonds is 5. The lowest BCUT2D eigenvalue weighted by molar-refractivity contribution is 0.689. The van der Waals surface area contributed by atoms with Gasteiger partial charge in [0.15, 0.2) is 0 Å². The predicted molar refractivity (Wildman–Crippen MR) is 66.2 cm³/mol. The summed E-state index contributed by atoms with van der Waals surface area (Å²) >= 11 is 1.79. The maximum Gasteiger partial charge on any atom is 0.0480 e. The Hall–Kier alpha value is -0.630. The summed E-state index contributed by atoms with van der Waals surface area (Å²) in [7, 11) is 0. The van der Waals surface area contributed by atoms with Gasteiger partial charge < -0.3 is 5.32 Å². The Labute approximate surface area is 91.3 Å². The van der Waals surface area contributed by atoms with Crippen molar-refractivity contribution in [3.8, 4) is 0 Å². The van der Waals surface area contributed by atoms with Crippen LogP contribution in [0.25, 0.3) is 0 Å². The molecule has 0 fully saturated rings. The van der Waals surface area contributed by atoms with Gasteiger partial charge in [0.05, 0.1) is 0 Å². The highest BCUT2D eigenvalue weighted by atomic mass is 32.2. The van der Waals surface area contributed by atoms with Crippen molar-refractivity contribution in [1.82, 2.24) is 0 Å². The molecule has 0 amide bonds. The second-order valence-electron chi connectivity index (χ2n) is 3.53. The molecular formula is C12H19NS. The number of nitrogens with one attached hydrogen (secondary N) is 1. The van der Waals surface area contributed by atoms with Gasteiger partial charge in [0.2, 0.25) is 0 Å². The summed E-state index contributed by atoms with van der Waals surface area (Å²) in [6.45, 7) is 4.46. The van der Waals surface area contributed by atoms with Crippen molar-refractivity contribution in [1.29, 1.82) is 0 Å². The van der Waals surface area contributed by atoms with Crippen molar-refractivity contribution in [2.24, 2.45) is 0 Å². The summed E-state index contributed by atoms with van der Waals surface area (Å²) in [6, 6.07) is 9.04. The van der Waals surface area contributed by atoms with Crippen LogP contribution in [0.15, 0.2) is 29.2 Å². The Morgan fingerprint density at radius 3 is 2.71 bits per heavy atom. The average Bonchev–Trinajstić information content (AvgIpc) is 2.19. The van der Waals surface area contributed by atoms with Crippen LogP contribution in [0.2, 0.25) is 0 Å². The quantitative estimate of drug-likeness (QED) is 0.735. The third-order valence-corrected chi connectivity index (χ3v) is 3.03. The van der Waals surface area contributed by atoms with Crippen LogP contribution in [0.5, 0.6) is 0 Å². The molecule has 0 aliphatic rings. The molecular weight excluding hydrogens is 190 g/mol. The molecule has 2 heteroatoms. The first-order valence-electron chi connectivity index (χ1n) is 5.17. The minimum Gasteiger partial charge on any atom is -0.382 e. The normalized spacial score (nSPS) is 12.5. The van der Waals surface area contributed by atoms with Crippen molar-refractivity contribution >= 4 is 17.4 Å². The summed E-state index contributed by atoms with van der Waals surface area (Å²) in [4.78, 5) is 1.33. The summed E-state index contributed by atoms with van der Waals surface area (Å²) in [5.74, 6) is 0. The van der Waals surface area contributed by atoms with Gasteiger partial charge in [-0.2, -0.15) is 0 Å². The molecule has 1 aromatic carbocycles. The number of hydrogen-bond acceptors (Lipinski definition) is 2. The molecule has 0 unspecified atom stereocenters. The first-order valence-corrected chi connectivity index (χ1v) is 6.40. The molecule has 1 nitrogen and oxygen atoms in total. The molecule has 0 saturated carbocycles. The van der Waals surface area contributed by atoms with E-state index in [1.807, 2.05) is 0 Å². The lowest BCUT2D eigenvalue weighted by atomic mass is 10.2. The molecule has 1 N–H and O–H groups in total. The lowest BCUT2D eigenvalue weighted by Crippen LogP contribution is -2.14. The van der Waals surface area contributed by atoms with E-state index in [-0.39, 0.29) is 0 Å². The minimum absolute atomic E-state index is 0.563. The highest BCUT2D eigenvalue weighted by molar-refractivity contribution is 7.98. The van der Waals surface area contributed by atoms with Crippen LogP contribution in [-0.2, 0) is 0 Å². The monoisotopic (exact) mass is 209 g/mol. The Balaban J connectivity index is 2.65. The van der Waals surface area contributed by atoms with Crippen LogP contribution < -0.4 is 5.32 Å². The molecule has 0 radical (unpaired) electrons. The number of hydrogen-bond donors (Lipinski definition) is 1. The van der Waals surface area contributed by atoms with Gasteiger partial charge in [-0.3, -0.25) is 0 Å². The van der Waals surface area contributed by atoms with E-state index in [1.165, 1.54) is 23.4 Å². The topological polar surface area (TPSA) is 12.0 Å². The van der Waals surface area contributed by atoms with Gasteiger partial charge in [0.25, 0.3) is 0 Å². The van der Waals surface area contributed by atoms with Gasteiger partial charge in [-0.05, 0) is 31.7 Å². The van der Waals surface area contributed by atoms with Gasteiger partial charge in [0, 0.05) is 16.6 Å². The van der Waals surface area contributed by atoms with Gasteiger partial charge in [-0.1, -0.05) is 25.5 Å². The molecule has 1 aromatic rings. The molecule has 14 heavy (non-hydrogen) atoms. The third kappa shape index (κ3) is 3.26. The second kappa shape index (κ2) is 5.97. The molecule has 1 atom stereocenters. The lowest BCUT2D eigenvalue weighted by Gasteiger charge is -2.16. The molecule has 0 aromatic heterocycles. The summed E-state index contributed by atoms with van der Waals surface area (Å²) < 4.78 is 0. The first kappa shape index (κ1) is 11.4. The van der Waals surface area contributed by atoms with Crippen molar-refractivity contribution in [2.45, 2.75) is 37.6 Å². The van der Waals surface area contributed by atoms with Crippen LogP contribution in [0, 0.1) is 0 Å². The van der Waals surface area contributed by atoms with Crippen LogP contribution >= 0.6 is 11.8 Å². The number of benzene rings is 1. The van der Waals surface area contributed by atoms with Crippen LogP contribution in [0.1, 0.15) is 26.7 Å². The predicted octanol–water partition coefficient (Wildman–Crippen LogP) is 4.01. The van der Waals surface area contributed by atoms with E-state index in [2.05, 4.69) is 49.7 Å². The standard InChI is InChI=1S/C12H19NS/c1-4-7-10(2)13-11-8-5-6-9-12(11)14-3/h5-6,8-10,13H,4,7H2,1-3H3/t10-/m1/s1. The highest BCUT2D eigenvalue weighted by Crippen LogP contribution is 2.25. The summed E-state index contributed by atoms with van der Waals surface area (Å²) in [5, 5.41) is 3.54. The van der Waals surface area contributed by atoms with E-state index < -0.39 is 0 Å². The second-order valence-corrected chi connectivity index (χ2v) is 4.38. The van der Waals surface area contributed by atoms with Crippen LogP contribution in [-0.4, -0.2) is 12.3 Å². The molecule has 0 aliphatic heterocycles. The van der Waals surface area contributed by atoms with Crippen molar-refractivity contribution in [3.63, 3.8) is 0 Å². The van der Waals surface area contributed by atoms with E-state index in [0.29, 0.717) is 6.04 Å². The highest BCUT2D eigenvalue weighted by Gasteiger charge is 2.03. The van der Waals surface area contributed by atoms with E-state index in [4.69, 9.17) is 0 Å². The zero-order chi connectivity index (χ0) is 10.4. The molecule has 0 bridgehead atoms. The fourth-order valence-electron chi connectivity index (χ4n) is 1.53. The largest absolute Gasteiger partial charge is 0.382 e. The van der Waals surface area contributed by atoms with Gasteiger partial charge >= 0.3 is 0 Å². The molecule has 0 heterocycles. The number of thioether (sulfide) groups is 1. The maximum absolute atomic E-state index is 3.54. The van der Waals surface area contributed by atoms with E-state index in [1.54, 1.807) is 11.8 Å². The fraction of sp³-hybridized carbons (Fsp3) is 0.500. The van der Waals surface area contributed by atoms with Gasteiger partial charge in [-0.15, -0.1) is 11.8 Å². The van der Waals surface area contributed by atoms with Crippen molar-refractivity contribution < 1.29 is 0 Å². The zero-order valence-corrected chi connectivity index (χ0v) is 10.0. The van der Waals surface area contributed by atoms with E-state index in [0.717, 1.165) is 0 Å². The average molecular weight is 209 g/mol. The number of anilines is 1. The smallest absolute Gasteiger partial charge is 0.0480 e. The Morgan fingerprint density at radius 2 is 2.07 bits per heavy atom. The molecule has 78 valence electrons. The van der Waals surface area contributed by atoms with Gasteiger partial charge in [0.1, 0.15) is 0 Å². The number of para-hydroxylation sites is 1. The van der Waals surface area contributed by atoms with E-state index in [9.17, 15) is 0 Å². The summed E-state index contributed by atoms with van der Waals surface area (Å²) in [5.41, 5.74) is 1.26. The Kier molecular flexibility index (Phi) is 4.88. The zero-order valence-electron chi connectivity index (χ0n) is 9.21. The molecule has 0 aliphatic carbocycles. The van der Waals surface area contributed by atoms with Crippen LogP contribution in [0.4, 0.5) is 5.69 Å². The fourth-order valence-corrected chi connectivity index (χ4v) is 2.10. The maximum atomic E-state index is 3.54. The minimum atomic E-state index is 0.563.